The summed E-state index contributed by atoms with van der Waals surface area (Å²) in [6.45, 7) is 4.74. The predicted octanol–water partition coefficient (Wildman–Crippen LogP) is 3.52. The van der Waals surface area contributed by atoms with Gasteiger partial charge in [0.1, 0.15) is 11.3 Å². The zero-order valence-electron chi connectivity index (χ0n) is 15.9. The van der Waals surface area contributed by atoms with E-state index >= 15 is 0 Å². The summed E-state index contributed by atoms with van der Waals surface area (Å²) in [6.07, 6.45) is 0. The Morgan fingerprint density at radius 3 is 2.50 bits per heavy atom. The Bertz CT molecular complexity index is 940. The molecule has 1 fully saturated rings. The molecule has 1 aliphatic heterocycles. The zero-order valence-corrected chi connectivity index (χ0v) is 15.9. The van der Waals surface area contributed by atoms with E-state index in [9.17, 15) is 4.79 Å². The quantitative estimate of drug-likeness (QED) is 0.504. The summed E-state index contributed by atoms with van der Waals surface area (Å²) in [7, 11) is 0. The fourth-order valence-corrected chi connectivity index (χ4v) is 3.33. The van der Waals surface area contributed by atoms with E-state index in [0.717, 1.165) is 24.1 Å². The van der Waals surface area contributed by atoms with Crippen LogP contribution in [0.15, 0.2) is 70.2 Å². The molecule has 0 bridgehead atoms. The average Bonchev–Trinajstić information content (AvgIpc) is 3.19. The van der Waals surface area contributed by atoms with Crippen molar-refractivity contribution < 1.29 is 14.0 Å². The molecule has 0 unspecified atom stereocenters. The minimum Gasteiger partial charge on any atom is -0.455 e. The van der Waals surface area contributed by atoms with Crippen LogP contribution >= 0.6 is 0 Å². The molecule has 1 aliphatic rings. The van der Waals surface area contributed by atoms with Crippen LogP contribution in [0.1, 0.15) is 12.7 Å². The maximum Gasteiger partial charge on any atom is 0.263 e. The van der Waals surface area contributed by atoms with Gasteiger partial charge in [-0.1, -0.05) is 41.6 Å². The standard InChI is InChI=1S/C22H23N3O3/c1-17(21-15-18-7-5-6-10-20(18)28-21)23-27-16-22(26)25-13-11-24(12-14-25)19-8-3-2-4-9-19/h2-10,15H,11-14,16H2,1H3/b23-17-. The van der Waals surface area contributed by atoms with Gasteiger partial charge in [-0.3, -0.25) is 4.79 Å². The first-order valence-corrected chi connectivity index (χ1v) is 9.44. The van der Waals surface area contributed by atoms with Gasteiger partial charge in [0.2, 0.25) is 0 Å². The van der Waals surface area contributed by atoms with Crippen LogP contribution in [0.5, 0.6) is 0 Å². The van der Waals surface area contributed by atoms with Crippen LogP contribution in [-0.2, 0) is 9.63 Å². The first kappa shape index (κ1) is 18.1. The van der Waals surface area contributed by atoms with Crippen molar-refractivity contribution in [2.24, 2.45) is 5.16 Å². The van der Waals surface area contributed by atoms with Crippen molar-refractivity contribution in [3.8, 4) is 0 Å². The Morgan fingerprint density at radius 1 is 1.04 bits per heavy atom. The Kier molecular flexibility index (Phi) is 5.28. The minimum absolute atomic E-state index is 0.0473. The molecule has 1 amide bonds. The maximum atomic E-state index is 12.4. The van der Waals surface area contributed by atoms with Gasteiger partial charge in [-0.2, -0.15) is 0 Å². The first-order valence-electron chi connectivity index (χ1n) is 9.44. The molecule has 28 heavy (non-hydrogen) atoms. The number of hydrogen-bond acceptors (Lipinski definition) is 5. The molecule has 1 aromatic heterocycles. The zero-order chi connectivity index (χ0) is 19.3. The molecule has 2 heterocycles. The molecule has 0 radical (unpaired) electrons. The molecule has 144 valence electrons. The van der Waals surface area contributed by atoms with E-state index in [-0.39, 0.29) is 12.5 Å². The van der Waals surface area contributed by atoms with Crippen LogP contribution in [-0.4, -0.2) is 49.3 Å². The largest absolute Gasteiger partial charge is 0.455 e. The summed E-state index contributed by atoms with van der Waals surface area (Å²) in [5, 5.41) is 5.07. The van der Waals surface area contributed by atoms with Gasteiger partial charge in [0.15, 0.2) is 12.4 Å². The van der Waals surface area contributed by atoms with Crippen LogP contribution in [0.2, 0.25) is 0 Å². The van der Waals surface area contributed by atoms with Crippen LogP contribution in [0.4, 0.5) is 5.69 Å². The summed E-state index contributed by atoms with van der Waals surface area (Å²) in [5.41, 5.74) is 2.61. The summed E-state index contributed by atoms with van der Waals surface area (Å²) in [5.74, 6) is 0.596. The SMILES string of the molecule is C/C(=N/OCC(=O)N1CCN(c2ccccc2)CC1)c1cc2ccccc2o1. The van der Waals surface area contributed by atoms with Crippen LogP contribution in [0.25, 0.3) is 11.0 Å². The molecule has 3 aromatic rings. The van der Waals surface area contributed by atoms with E-state index in [1.807, 2.05) is 53.4 Å². The maximum absolute atomic E-state index is 12.4. The number of fused-ring (bicyclic) bond motifs is 1. The summed E-state index contributed by atoms with van der Waals surface area (Å²) < 4.78 is 5.75. The minimum atomic E-state index is -0.0666. The van der Waals surface area contributed by atoms with Gasteiger partial charge in [-0.05, 0) is 31.2 Å². The Labute approximate surface area is 164 Å². The van der Waals surface area contributed by atoms with Gasteiger partial charge in [-0.15, -0.1) is 0 Å². The molecule has 4 rings (SSSR count). The predicted molar refractivity (Wildman–Crippen MR) is 110 cm³/mol. The third-order valence-corrected chi connectivity index (χ3v) is 4.93. The second-order valence-corrected chi connectivity index (χ2v) is 6.80. The molecule has 0 saturated carbocycles. The molecule has 0 spiro atoms. The average molecular weight is 377 g/mol. The number of carbonyl (C=O) groups excluding carboxylic acids is 1. The van der Waals surface area contributed by atoms with E-state index in [1.165, 1.54) is 5.69 Å². The number of hydrogen-bond donors (Lipinski definition) is 0. The number of amides is 1. The van der Waals surface area contributed by atoms with Gasteiger partial charge in [0.05, 0.1) is 0 Å². The molecule has 1 saturated heterocycles. The van der Waals surface area contributed by atoms with Crippen molar-refractivity contribution in [1.82, 2.24) is 4.90 Å². The van der Waals surface area contributed by atoms with E-state index in [0.29, 0.717) is 24.6 Å². The molecule has 0 aliphatic carbocycles. The molecule has 2 aromatic carbocycles. The monoisotopic (exact) mass is 377 g/mol. The molecular weight excluding hydrogens is 354 g/mol. The van der Waals surface area contributed by atoms with E-state index in [4.69, 9.17) is 9.25 Å². The van der Waals surface area contributed by atoms with E-state index in [2.05, 4.69) is 22.2 Å². The lowest BCUT2D eigenvalue weighted by Gasteiger charge is -2.35. The molecule has 0 N–H and O–H groups in total. The second kappa shape index (κ2) is 8.17. The van der Waals surface area contributed by atoms with E-state index in [1.54, 1.807) is 6.92 Å². The summed E-state index contributed by atoms with van der Waals surface area (Å²) in [4.78, 5) is 21.8. The van der Waals surface area contributed by atoms with Crippen molar-refractivity contribution in [1.29, 1.82) is 0 Å². The number of piperazine rings is 1. The lowest BCUT2D eigenvalue weighted by molar-refractivity contribution is -0.136. The number of carbonyl (C=O) groups is 1. The summed E-state index contributed by atoms with van der Waals surface area (Å²) in [6, 6.07) is 19.9. The first-order chi connectivity index (χ1) is 13.7. The second-order valence-electron chi connectivity index (χ2n) is 6.80. The highest BCUT2D eigenvalue weighted by atomic mass is 16.6. The fraction of sp³-hybridized carbons (Fsp3) is 0.273. The number of rotatable bonds is 5. The van der Waals surface area contributed by atoms with Gasteiger partial charge in [0, 0.05) is 37.3 Å². The highest BCUT2D eigenvalue weighted by Crippen LogP contribution is 2.19. The third kappa shape index (κ3) is 4.01. The highest BCUT2D eigenvalue weighted by molar-refractivity contribution is 5.99. The molecule has 6 heteroatoms. The number of para-hydroxylation sites is 2. The van der Waals surface area contributed by atoms with Gasteiger partial charge >= 0.3 is 0 Å². The molecule has 0 atom stereocenters. The van der Waals surface area contributed by atoms with Crippen molar-refractivity contribution in [2.45, 2.75) is 6.92 Å². The number of anilines is 1. The number of benzene rings is 2. The van der Waals surface area contributed by atoms with E-state index < -0.39 is 0 Å². The van der Waals surface area contributed by atoms with Crippen molar-refractivity contribution >= 4 is 28.3 Å². The smallest absolute Gasteiger partial charge is 0.263 e. The van der Waals surface area contributed by atoms with Crippen molar-refractivity contribution in [2.75, 3.05) is 37.7 Å². The molecule has 6 nitrogen and oxygen atoms in total. The fourth-order valence-electron chi connectivity index (χ4n) is 3.33. The lowest BCUT2D eigenvalue weighted by atomic mass is 10.2. The van der Waals surface area contributed by atoms with Crippen LogP contribution in [0.3, 0.4) is 0 Å². The Hall–Kier alpha value is -3.28. The Balaban J connectivity index is 1.28. The topological polar surface area (TPSA) is 58.3 Å². The van der Waals surface area contributed by atoms with Gasteiger partial charge in [0.25, 0.3) is 5.91 Å². The van der Waals surface area contributed by atoms with Crippen molar-refractivity contribution in [3.05, 3.63) is 66.4 Å². The van der Waals surface area contributed by atoms with Gasteiger partial charge in [-0.25, -0.2) is 0 Å². The van der Waals surface area contributed by atoms with Gasteiger partial charge < -0.3 is 19.1 Å². The number of furan rings is 1. The number of oxime groups is 1. The number of nitrogens with zero attached hydrogens (tertiary/aromatic N) is 3. The normalized spacial score (nSPS) is 15.1. The third-order valence-electron chi connectivity index (χ3n) is 4.93. The summed E-state index contributed by atoms with van der Waals surface area (Å²) >= 11 is 0. The lowest BCUT2D eigenvalue weighted by Crippen LogP contribution is -2.49. The highest BCUT2D eigenvalue weighted by Gasteiger charge is 2.21. The van der Waals surface area contributed by atoms with Crippen LogP contribution < -0.4 is 4.90 Å². The molecular formula is C22H23N3O3. The Morgan fingerprint density at radius 2 is 1.75 bits per heavy atom. The van der Waals surface area contributed by atoms with Crippen LogP contribution in [0, 0.1) is 0 Å². The van der Waals surface area contributed by atoms with Crippen molar-refractivity contribution in [3.63, 3.8) is 0 Å².